The second kappa shape index (κ2) is 4.83. The van der Waals surface area contributed by atoms with Gasteiger partial charge in [0.2, 0.25) is 0 Å². The molecule has 3 nitrogen and oxygen atoms in total. The highest BCUT2D eigenvalue weighted by molar-refractivity contribution is 7.90. The van der Waals surface area contributed by atoms with Crippen LogP contribution in [0.3, 0.4) is 0 Å². The fraction of sp³-hybridized carbons (Fsp3) is 1.00. The summed E-state index contributed by atoms with van der Waals surface area (Å²) < 4.78 is 22.0. The molecule has 15 heavy (non-hydrogen) atoms. The summed E-state index contributed by atoms with van der Waals surface area (Å²) >= 11 is 0. The molecule has 0 aromatic rings. The molecule has 0 aromatic carbocycles. The van der Waals surface area contributed by atoms with Crippen LogP contribution in [0.1, 0.15) is 45.4 Å². The van der Waals surface area contributed by atoms with E-state index in [1.807, 2.05) is 0 Å². The molecule has 4 heteroatoms. The zero-order chi connectivity index (χ0) is 11.5. The van der Waals surface area contributed by atoms with E-state index in [2.05, 4.69) is 6.92 Å². The average Bonchev–Trinajstić information content (AvgIpc) is 2.44. The molecule has 0 heterocycles. The van der Waals surface area contributed by atoms with Gasteiger partial charge in [-0.05, 0) is 31.6 Å². The van der Waals surface area contributed by atoms with Gasteiger partial charge in [0.1, 0.15) is 9.84 Å². The van der Waals surface area contributed by atoms with Crippen molar-refractivity contribution in [3.63, 3.8) is 0 Å². The van der Waals surface area contributed by atoms with Crippen LogP contribution in [-0.2, 0) is 9.84 Å². The van der Waals surface area contributed by atoms with Gasteiger partial charge in [0.25, 0.3) is 0 Å². The van der Waals surface area contributed by atoms with Crippen molar-refractivity contribution in [2.45, 2.75) is 51.0 Å². The highest BCUT2D eigenvalue weighted by Gasteiger charge is 2.39. The number of hydrogen-bond acceptors (Lipinski definition) is 3. The van der Waals surface area contributed by atoms with Gasteiger partial charge in [-0.1, -0.05) is 19.8 Å². The highest BCUT2D eigenvalue weighted by Crippen LogP contribution is 2.40. The quantitative estimate of drug-likeness (QED) is 0.788. The van der Waals surface area contributed by atoms with Crippen LogP contribution in [0.15, 0.2) is 0 Å². The monoisotopic (exact) mass is 234 g/mol. The average molecular weight is 234 g/mol. The number of rotatable bonds is 5. The van der Waals surface area contributed by atoms with Crippen molar-refractivity contribution in [2.75, 3.05) is 12.0 Å². The molecule has 0 aliphatic heterocycles. The molecular weight excluding hydrogens is 212 g/mol. The minimum absolute atomic E-state index is 0.200. The van der Waals surface area contributed by atoms with Crippen molar-refractivity contribution < 1.29 is 13.5 Å². The fourth-order valence-electron chi connectivity index (χ4n) is 2.68. The van der Waals surface area contributed by atoms with E-state index in [0.717, 1.165) is 25.7 Å². The predicted octanol–water partition coefficient (Wildman–Crippen LogP) is 1.75. The van der Waals surface area contributed by atoms with Gasteiger partial charge >= 0.3 is 0 Å². The third-order valence-electron chi connectivity index (χ3n) is 3.54. The Morgan fingerprint density at radius 2 is 2.13 bits per heavy atom. The van der Waals surface area contributed by atoms with Crippen molar-refractivity contribution in [3.8, 4) is 0 Å². The van der Waals surface area contributed by atoms with Gasteiger partial charge in [-0.25, -0.2) is 8.42 Å². The summed E-state index contributed by atoms with van der Waals surface area (Å²) in [4.78, 5) is 0. The summed E-state index contributed by atoms with van der Waals surface area (Å²) in [7, 11) is -2.88. The zero-order valence-electron chi connectivity index (χ0n) is 9.70. The first-order valence-corrected chi connectivity index (χ1v) is 7.83. The summed E-state index contributed by atoms with van der Waals surface area (Å²) in [5.41, 5.74) is -0.584. The summed E-state index contributed by atoms with van der Waals surface area (Å²) in [6.07, 6.45) is 6.48. The maximum absolute atomic E-state index is 11.0. The van der Waals surface area contributed by atoms with Crippen LogP contribution >= 0.6 is 0 Å². The lowest BCUT2D eigenvalue weighted by Gasteiger charge is -2.29. The summed E-state index contributed by atoms with van der Waals surface area (Å²) in [6, 6.07) is 0. The molecule has 0 spiro atoms. The lowest BCUT2D eigenvalue weighted by molar-refractivity contribution is -0.00725. The molecule has 0 saturated heterocycles. The third kappa shape index (κ3) is 3.76. The van der Waals surface area contributed by atoms with E-state index in [9.17, 15) is 13.5 Å². The van der Waals surface area contributed by atoms with Crippen LogP contribution in [0.25, 0.3) is 0 Å². The maximum atomic E-state index is 11.0. The largest absolute Gasteiger partial charge is 0.390 e. The van der Waals surface area contributed by atoms with E-state index in [-0.39, 0.29) is 5.75 Å². The van der Waals surface area contributed by atoms with Crippen LogP contribution in [0, 0.1) is 5.92 Å². The third-order valence-corrected chi connectivity index (χ3v) is 4.57. The Kier molecular flexibility index (Phi) is 4.18. The van der Waals surface area contributed by atoms with Crippen LogP contribution in [0.4, 0.5) is 0 Å². The molecule has 2 unspecified atom stereocenters. The molecule has 0 aromatic heterocycles. The Bertz CT molecular complexity index is 297. The van der Waals surface area contributed by atoms with Crippen molar-refractivity contribution in [3.05, 3.63) is 0 Å². The summed E-state index contributed by atoms with van der Waals surface area (Å²) in [6.45, 7) is 2.09. The Balaban J connectivity index is 2.43. The Morgan fingerprint density at radius 1 is 1.47 bits per heavy atom. The van der Waals surface area contributed by atoms with Crippen LogP contribution in [0.2, 0.25) is 0 Å². The van der Waals surface area contributed by atoms with Gasteiger partial charge < -0.3 is 5.11 Å². The Hall–Kier alpha value is -0.0900. The molecule has 0 amide bonds. The Labute approximate surface area is 92.8 Å². The lowest BCUT2D eigenvalue weighted by Crippen LogP contribution is -2.33. The number of sulfone groups is 1. The van der Waals surface area contributed by atoms with E-state index in [4.69, 9.17) is 0 Å². The first kappa shape index (κ1) is 13.0. The molecule has 1 rings (SSSR count). The van der Waals surface area contributed by atoms with Gasteiger partial charge in [-0.3, -0.25) is 0 Å². The fourth-order valence-corrected chi connectivity index (χ4v) is 3.35. The normalized spacial score (nSPS) is 32.1. The minimum Gasteiger partial charge on any atom is -0.390 e. The SMILES string of the molecule is CCC1CCCC1(O)CCCS(C)(=O)=O. The topological polar surface area (TPSA) is 54.4 Å². The molecule has 2 atom stereocenters. The second-order valence-corrected chi connectivity index (χ2v) is 7.09. The highest BCUT2D eigenvalue weighted by atomic mass is 32.2. The Morgan fingerprint density at radius 3 is 2.67 bits per heavy atom. The van der Waals surface area contributed by atoms with E-state index >= 15 is 0 Å². The van der Waals surface area contributed by atoms with Crippen LogP contribution < -0.4 is 0 Å². The summed E-state index contributed by atoms with van der Waals surface area (Å²) in [5, 5.41) is 10.4. The van der Waals surface area contributed by atoms with Gasteiger partial charge in [0.15, 0.2) is 0 Å². The van der Waals surface area contributed by atoms with Crippen molar-refractivity contribution >= 4 is 9.84 Å². The van der Waals surface area contributed by atoms with E-state index in [0.29, 0.717) is 18.8 Å². The molecule has 1 saturated carbocycles. The van der Waals surface area contributed by atoms with Crippen LogP contribution in [0.5, 0.6) is 0 Å². The first-order valence-electron chi connectivity index (χ1n) is 5.77. The summed E-state index contributed by atoms with van der Waals surface area (Å²) in [5.74, 6) is 0.572. The smallest absolute Gasteiger partial charge is 0.147 e. The molecule has 1 N–H and O–H groups in total. The first-order chi connectivity index (χ1) is 6.87. The second-order valence-electron chi connectivity index (χ2n) is 4.83. The van der Waals surface area contributed by atoms with Crippen molar-refractivity contribution in [1.82, 2.24) is 0 Å². The maximum Gasteiger partial charge on any atom is 0.147 e. The molecule has 1 aliphatic carbocycles. The minimum atomic E-state index is -2.88. The molecule has 90 valence electrons. The van der Waals surface area contributed by atoms with Gasteiger partial charge in [0, 0.05) is 12.0 Å². The zero-order valence-corrected chi connectivity index (χ0v) is 10.5. The van der Waals surface area contributed by atoms with Crippen molar-refractivity contribution in [2.24, 2.45) is 5.92 Å². The molecular formula is C11H22O3S. The molecule has 1 fully saturated rings. The number of hydrogen-bond donors (Lipinski definition) is 1. The van der Waals surface area contributed by atoms with Crippen molar-refractivity contribution in [1.29, 1.82) is 0 Å². The van der Waals surface area contributed by atoms with E-state index in [1.54, 1.807) is 0 Å². The molecule has 0 radical (unpaired) electrons. The van der Waals surface area contributed by atoms with Gasteiger partial charge in [-0.15, -0.1) is 0 Å². The molecule has 0 bridgehead atoms. The standard InChI is InChI=1S/C11H22O3S/c1-3-10-6-4-7-11(10,12)8-5-9-15(2,13)14/h10,12H,3-9H2,1-2H3. The van der Waals surface area contributed by atoms with E-state index in [1.165, 1.54) is 6.26 Å². The van der Waals surface area contributed by atoms with Gasteiger partial charge in [-0.2, -0.15) is 0 Å². The number of aliphatic hydroxyl groups is 1. The predicted molar refractivity (Wildman–Crippen MR) is 61.5 cm³/mol. The van der Waals surface area contributed by atoms with Gasteiger partial charge in [0.05, 0.1) is 5.60 Å². The van der Waals surface area contributed by atoms with E-state index < -0.39 is 15.4 Å². The lowest BCUT2D eigenvalue weighted by atomic mass is 9.85. The molecule has 1 aliphatic rings. The van der Waals surface area contributed by atoms with Crippen LogP contribution in [-0.4, -0.2) is 31.1 Å².